The number of hydrogen-bond acceptors (Lipinski definition) is 3. The summed E-state index contributed by atoms with van der Waals surface area (Å²) >= 11 is 11.9. The molecule has 3 rings (SSSR count). The van der Waals surface area contributed by atoms with Gasteiger partial charge in [-0.3, -0.25) is 19.3 Å². The van der Waals surface area contributed by atoms with E-state index in [2.05, 4.69) is 0 Å². The number of amides is 1. The number of rotatable bonds is 4. The van der Waals surface area contributed by atoms with E-state index in [-0.39, 0.29) is 16.5 Å². The molecule has 7 heteroatoms. The Bertz CT molecular complexity index is 990. The van der Waals surface area contributed by atoms with Crippen molar-refractivity contribution in [2.24, 2.45) is 11.8 Å². The first kappa shape index (κ1) is 20.5. The fourth-order valence-corrected chi connectivity index (χ4v) is 3.92. The molecule has 0 N–H and O–H groups in total. The molecule has 1 fully saturated rings. The Morgan fingerprint density at radius 1 is 1.11 bits per heavy atom. The molecule has 1 saturated heterocycles. The lowest BCUT2D eigenvalue weighted by molar-refractivity contribution is -0.139. The molecule has 0 aliphatic carbocycles. The summed E-state index contributed by atoms with van der Waals surface area (Å²) < 4.78 is 13.6. The van der Waals surface area contributed by atoms with Gasteiger partial charge in [-0.2, -0.15) is 0 Å². The summed E-state index contributed by atoms with van der Waals surface area (Å²) in [5, 5.41) is 0.322. The Morgan fingerprint density at radius 3 is 2.36 bits per heavy atom. The molecule has 1 aliphatic rings. The fourth-order valence-electron chi connectivity index (χ4n) is 3.52. The third-order valence-electron chi connectivity index (χ3n) is 4.91. The molecule has 2 atom stereocenters. The molecule has 0 saturated carbocycles. The summed E-state index contributed by atoms with van der Waals surface area (Å²) in [6.45, 7) is 5.16. The van der Waals surface area contributed by atoms with Crippen LogP contribution in [0.25, 0.3) is 0 Å². The van der Waals surface area contributed by atoms with Crippen LogP contribution >= 0.6 is 23.2 Å². The fraction of sp³-hybridized carbons (Fsp3) is 0.286. The van der Waals surface area contributed by atoms with E-state index in [1.165, 1.54) is 17.0 Å². The van der Waals surface area contributed by atoms with Crippen molar-refractivity contribution in [2.45, 2.75) is 26.8 Å². The highest BCUT2D eigenvalue weighted by Crippen LogP contribution is 2.43. The Balaban J connectivity index is 2.23. The van der Waals surface area contributed by atoms with Crippen LogP contribution in [0.1, 0.15) is 31.0 Å². The topological polar surface area (TPSA) is 54.5 Å². The van der Waals surface area contributed by atoms with E-state index in [9.17, 15) is 18.8 Å². The molecule has 1 aliphatic heterocycles. The molecule has 0 bridgehead atoms. The average molecular weight is 422 g/mol. The highest BCUT2D eigenvalue weighted by atomic mass is 35.5. The zero-order valence-electron chi connectivity index (χ0n) is 15.5. The summed E-state index contributed by atoms with van der Waals surface area (Å²) in [5.74, 6) is -4.16. The molecule has 1 heterocycles. The van der Waals surface area contributed by atoms with E-state index in [1.54, 1.807) is 39.0 Å². The van der Waals surface area contributed by atoms with E-state index in [1.807, 2.05) is 0 Å². The number of Topliss-reactive ketones (excluding diaryl/α,β-unsaturated/α-hetero) is 2. The lowest BCUT2D eigenvalue weighted by Gasteiger charge is -2.29. The van der Waals surface area contributed by atoms with Gasteiger partial charge in [0.05, 0.1) is 11.1 Å². The molecule has 2 aromatic rings. The van der Waals surface area contributed by atoms with E-state index in [4.69, 9.17) is 23.2 Å². The molecule has 2 unspecified atom stereocenters. The van der Waals surface area contributed by atoms with Gasteiger partial charge < -0.3 is 0 Å². The van der Waals surface area contributed by atoms with Gasteiger partial charge in [-0.1, -0.05) is 43.1 Å². The number of ketones is 2. The molecule has 28 heavy (non-hydrogen) atoms. The van der Waals surface area contributed by atoms with Gasteiger partial charge >= 0.3 is 0 Å². The lowest BCUT2D eigenvalue weighted by atomic mass is 9.83. The van der Waals surface area contributed by atoms with Gasteiger partial charge in [0.1, 0.15) is 17.5 Å². The van der Waals surface area contributed by atoms with E-state index < -0.39 is 35.4 Å². The second kappa shape index (κ2) is 7.64. The van der Waals surface area contributed by atoms with E-state index >= 15 is 0 Å². The van der Waals surface area contributed by atoms with Crippen LogP contribution in [-0.4, -0.2) is 17.5 Å². The van der Waals surface area contributed by atoms with Gasteiger partial charge in [0.2, 0.25) is 5.78 Å². The number of halogens is 3. The van der Waals surface area contributed by atoms with Crippen LogP contribution in [-0.2, 0) is 14.4 Å². The van der Waals surface area contributed by atoms with Crippen molar-refractivity contribution in [2.75, 3.05) is 4.90 Å². The minimum atomic E-state index is -1.16. The second-order valence-electron chi connectivity index (χ2n) is 7.12. The van der Waals surface area contributed by atoms with Crippen molar-refractivity contribution < 1.29 is 18.8 Å². The van der Waals surface area contributed by atoms with Gasteiger partial charge in [-0.25, -0.2) is 4.39 Å². The molecule has 0 aromatic heterocycles. The van der Waals surface area contributed by atoms with E-state index in [0.29, 0.717) is 10.6 Å². The van der Waals surface area contributed by atoms with Crippen LogP contribution < -0.4 is 4.90 Å². The molecular formula is C21H18Cl2FNO3. The van der Waals surface area contributed by atoms with Gasteiger partial charge in [0.15, 0.2) is 0 Å². The van der Waals surface area contributed by atoms with Gasteiger partial charge in [-0.05, 0) is 48.4 Å². The van der Waals surface area contributed by atoms with Crippen molar-refractivity contribution in [3.8, 4) is 0 Å². The third-order valence-corrected chi connectivity index (χ3v) is 5.44. The first-order chi connectivity index (χ1) is 13.1. The summed E-state index contributed by atoms with van der Waals surface area (Å²) in [4.78, 5) is 39.7. The van der Waals surface area contributed by atoms with Crippen LogP contribution in [0, 0.1) is 24.6 Å². The van der Waals surface area contributed by atoms with Crippen LogP contribution in [0.2, 0.25) is 10.0 Å². The van der Waals surface area contributed by atoms with Gasteiger partial charge in [0, 0.05) is 16.6 Å². The summed E-state index contributed by atoms with van der Waals surface area (Å²) in [5.41, 5.74) is 1.62. The molecule has 1 amide bonds. The zero-order valence-corrected chi connectivity index (χ0v) is 17.0. The summed E-state index contributed by atoms with van der Waals surface area (Å²) in [6, 6.07) is 7.97. The quantitative estimate of drug-likeness (QED) is 0.518. The Hall–Kier alpha value is -2.24. The van der Waals surface area contributed by atoms with Crippen LogP contribution in [0.5, 0.6) is 0 Å². The molecule has 4 nitrogen and oxygen atoms in total. The number of anilines is 1. The molecule has 2 aromatic carbocycles. The van der Waals surface area contributed by atoms with Crippen molar-refractivity contribution in [3.63, 3.8) is 0 Å². The molecule has 146 valence electrons. The SMILES string of the molecule is Cc1cc(Cl)ccc1C1C(C(=O)C(C)C)C(=O)C(=O)N1c1ccc(F)c(Cl)c1. The number of carbonyl (C=O) groups is 3. The first-order valence-electron chi connectivity index (χ1n) is 8.75. The maximum absolute atomic E-state index is 13.6. The zero-order chi connectivity index (χ0) is 20.7. The monoisotopic (exact) mass is 421 g/mol. The van der Waals surface area contributed by atoms with Crippen molar-refractivity contribution in [3.05, 3.63) is 63.4 Å². The summed E-state index contributed by atoms with van der Waals surface area (Å²) in [7, 11) is 0. The smallest absolute Gasteiger partial charge is 0.295 e. The average Bonchev–Trinajstić information content (AvgIpc) is 2.88. The number of aryl methyl sites for hydroxylation is 1. The van der Waals surface area contributed by atoms with Crippen molar-refractivity contribution in [1.82, 2.24) is 0 Å². The van der Waals surface area contributed by atoms with Gasteiger partial charge in [0.25, 0.3) is 5.91 Å². The van der Waals surface area contributed by atoms with E-state index in [0.717, 1.165) is 11.6 Å². The lowest BCUT2D eigenvalue weighted by Crippen LogP contribution is -2.32. The third kappa shape index (κ3) is 3.45. The molecular weight excluding hydrogens is 404 g/mol. The number of hydrogen-bond donors (Lipinski definition) is 0. The van der Waals surface area contributed by atoms with Crippen molar-refractivity contribution in [1.29, 1.82) is 0 Å². The number of nitrogens with zero attached hydrogens (tertiary/aromatic N) is 1. The number of benzene rings is 2. The van der Waals surface area contributed by atoms with Crippen molar-refractivity contribution >= 4 is 46.4 Å². The van der Waals surface area contributed by atoms with Crippen LogP contribution in [0.15, 0.2) is 36.4 Å². The second-order valence-corrected chi connectivity index (χ2v) is 7.96. The van der Waals surface area contributed by atoms with Crippen LogP contribution in [0.4, 0.5) is 10.1 Å². The minimum Gasteiger partial charge on any atom is -0.298 e. The Kier molecular flexibility index (Phi) is 5.60. The predicted octanol–water partition coefficient (Wildman–Crippen LogP) is 4.94. The normalized spacial score (nSPS) is 19.6. The highest BCUT2D eigenvalue weighted by molar-refractivity contribution is 6.48. The first-order valence-corrected chi connectivity index (χ1v) is 9.51. The number of carbonyl (C=O) groups excluding carboxylic acids is 3. The minimum absolute atomic E-state index is 0.178. The molecule has 0 spiro atoms. The Morgan fingerprint density at radius 2 is 1.79 bits per heavy atom. The standard InChI is InChI=1S/C21H18Cl2FNO3/c1-10(2)19(26)17-18(14-6-4-12(22)8-11(14)3)25(21(28)20(17)27)13-5-7-16(24)15(23)9-13/h4-10,17-18H,1-3H3. The van der Waals surface area contributed by atoms with Crippen LogP contribution in [0.3, 0.4) is 0 Å². The largest absolute Gasteiger partial charge is 0.298 e. The maximum Gasteiger partial charge on any atom is 0.295 e. The highest BCUT2D eigenvalue weighted by Gasteiger charge is 2.52. The summed E-state index contributed by atoms with van der Waals surface area (Å²) in [6.07, 6.45) is 0. The molecule has 0 radical (unpaired) electrons. The van der Waals surface area contributed by atoms with Gasteiger partial charge in [-0.15, -0.1) is 0 Å². The predicted molar refractivity (Wildman–Crippen MR) is 106 cm³/mol. The maximum atomic E-state index is 13.6. The Labute approximate surface area is 172 Å².